The molecule has 0 aliphatic rings. The Labute approximate surface area is 103 Å². The number of benzene rings is 1. The monoisotopic (exact) mass is 287 g/mol. The molecule has 0 spiro atoms. The molecule has 0 bridgehead atoms. The highest BCUT2D eigenvalue weighted by Crippen LogP contribution is 2.23. The highest BCUT2D eigenvalue weighted by atomic mass is 79.9. The zero-order chi connectivity index (χ0) is 11.3. The van der Waals surface area contributed by atoms with Gasteiger partial charge in [0.15, 0.2) is 0 Å². The molecule has 0 saturated heterocycles. The number of carbonyl (C=O) groups excluding carboxylic acids is 1. The normalized spacial score (nSPS) is 10.1. The first-order chi connectivity index (χ1) is 7.13. The van der Waals surface area contributed by atoms with Gasteiger partial charge in [-0.15, -0.1) is 0 Å². The molecule has 1 rings (SSSR count). The lowest BCUT2D eigenvalue weighted by molar-refractivity contribution is -0.115. The van der Waals surface area contributed by atoms with E-state index in [0.717, 1.165) is 15.9 Å². The minimum atomic E-state index is 0.0638. The smallest absolute Gasteiger partial charge is 0.225 e. The molecule has 1 aromatic carbocycles. The van der Waals surface area contributed by atoms with Crippen molar-refractivity contribution in [2.45, 2.75) is 13.3 Å². The van der Waals surface area contributed by atoms with Crippen LogP contribution in [0.3, 0.4) is 0 Å². The van der Waals surface area contributed by atoms with Gasteiger partial charge in [-0.25, -0.2) is 0 Å². The Kier molecular flexibility index (Phi) is 5.19. The van der Waals surface area contributed by atoms with E-state index >= 15 is 0 Å². The lowest BCUT2D eigenvalue weighted by Gasteiger charge is -2.07. The Balaban J connectivity index is 2.60. The van der Waals surface area contributed by atoms with Gasteiger partial charge in [-0.3, -0.25) is 4.79 Å². The lowest BCUT2D eigenvalue weighted by Crippen LogP contribution is -2.12. The summed E-state index contributed by atoms with van der Waals surface area (Å²) in [4.78, 5) is 11.5. The zero-order valence-corrected chi connectivity index (χ0v) is 11.2. The number of hydrogen-bond acceptors (Lipinski definition) is 2. The molecule has 0 heterocycles. The maximum atomic E-state index is 11.5. The maximum Gasteiger partial charge on any atom is 0.225 e. The number of halogens is 1. The molecular formula is C11H14BrNOS. The topological polar surface area (TPSA) is 29.1 Å². The minimum absolute atomic E-state index is 0.0638. The van der Waals surface area contributed by atoms with Gasteiger partial charge in [0, 0.05) is 16.6 Å². The largest absolute Gasteiger partial charge is 0.325 e. The number of carbonyl (C=O) groups is 1. The molecule has 0 saturated carbocycles. The summed E-state index contributed by atoms with van der Waals surface area (Å²) >= 11 is 5.10. The average molecular weight is 288 g/mol. The third kappa shape index (κ3) is 4.26. The quantitative estimate of drug-likeness (QED) is 0.919. The summed E-state index contributed by atoms with van der Waals surface area (Å²) in [6.45, 7) is 2.02. The first-order valence-corrected chi connectivity index (χ1v) is 6.87. The van der Waals surface area contributed by atoms with Crippen LogP contribution in [0.15, 0.2) is 22.7 Å². The van der Waals surface area contributed by atoms with Crippen LogP contribution >= 0.6 is 27.7 Å². The van der Waals surface area contributed by atoms with Gasteiger partial charge in [0.25, 0.3) is 0 Å². The van der Waals surface area contributed by atoms with Crippen LogP contribution in [0.2, 0.25) is 0 Å². The maximum absolute atomic E-state index is 11.5. The molecule has 1 N–H and O–H groups in total. The van der Waals surface area contributed by atoms with E-state index in [-0.39, 0.29) is 5.91 Å². The second-order valence-corrected chi connectivity index (χ2v) is 5.11. The molecule has 1 amide bonds. The van der Waals surface area contributed by atoms with Gasteiger partial charge in [0.05, 0.1) is 5.69 Å². The average Bonchev–Trinajstić information content (AvgIpc) is 2.19. The number of thioether (sulfide) groups is 1. The number of rotatable bonds is 4. The van der Waals surface area contributed by atoms with Gasteiger partial charge in [0.1, 0.15) is 0 Å². The number of anilines is 1. The van der Waals surface area contributed by atoms with Crippen LogP contribution in [-0.2, 0) is 4.79 Å². The fourth-order valence-corrected chi connectivity index (χ4v) is 2.11. The van der Waals surface area contributed by atoms with E-state index in [0.29, 0.717) is 6.42 Å². The van der Waals surface area contributed by atoms with E-state index in [1.807, 2.05) is 31.4 Å². The van der Waals surface area contributed by atoms with Crippen molar-refractivity contribution in [3.8, 4) is 0 Å². The van der Waals surface area contributed by atoms with Crippen molar-refractivity contribution >= 4 is 39.3 Å². The highest BCUT2D eigenvalue weighted by Gasteiger charge is 2.04. The summed E-state index contributed by atoms with van der Waals surface area (Å²) < 4.78 is 0.931. The molecule has 0 aromatic heterocycles. The van der Waals surface area contributed by atoms with E-state index in [4.69, 9.17) is 0 Å². The van der Waals surface area contributed by atoms with Crippen LogP contribution < -0.4 is 5.32 Å². The molecule has 0 aliphatic heterocycles. The van der Waals surface area contributed by atoms with Crippen molar-refractivity contribution in [1.82, 2.24) is 0 Å². The van der Waals surface area contributed by atoms with E-state index in [1.54, 1.807) is 11.8 Å². The van der Waals surface area contributed by atoms with Crippen LogP contribution in [0.4, 0.5) is 5.69 Å². The van der Waals surface area contributed by atoms with Crippen LogP contribution in [0, 0.1) is 6.92 Å². The number of hydrogen-bond donors (Lipinski definition) is 1. The van der Waals surface area contributed by atoms with E-state index in [9.17, 15) is 4.79 Å². The molecule has 15 heavy (non-hydrogen) atoms. The number of nitrogens with one attached hydrogen (secondary N) is 1. The van der Waals surface area contributed by atoms with Crippen molar-refractivity contribution in [3.63, 3.8) is 0 Å². The van der Waals surface area contributed by atoms with E-state index in [2.05, 4.69) is 21.2 Å². The molecule has 0 fully saturated rings. The first-order valence-electron chi connectivity index (χ1n) is 4.68. The molecule has 0 unspecified atom stereocenters. The van der Waals surface area contributed by atoms with Crippen LogP contribution in [0.5, 0.6) is 0 Å². The van der Waals surface area contributed by atoms with Gasteiger partial charge in [0.2, 0.25) is 5.91 Å². The summed E-state index contributed by atoms with van der Waals surface area (Å²) in [5, 5.41) is 2.87. The molecule has 82 valence electrons. The van der Waals surface area contributed by atoms with Gasteiger partial charge in [-0.05, 0) is 46.8 Å². The molecular weight excluding hydrogens is 274 g/mol. The minimum Gasteiger partial charge on any atom is -0.325 e. The van der Waals surface area contributed by atoms with Crippen molar-refractivity contribution in [2.75, 3.05) is 17.3 Å². The van der Waals surface area contributed by atoms with Gasteiger partial charge in [-0.2, -0.15) is 11.8 Å². The lowest BCUT2D eigenvalue weighted by atomic mass is 10.2. The zero-order valence-electron chi connectivity index (χ0n) is 8.84. The standard InChI is InChI=1S/C11H14BrNOS/c1-8-3-4-10(9(12)7-8)13-11(14)5-6-15-2/h3-4,7H,5-6H2,1-2H3,(H,13,14). The second kappa shape index (κ2) is 6.18. The molecule has 2 nitrogen and oxygen atoms in total. The Morgan fingerprint density at radius 2 is 2.27 bits per heavy atom. The van der Waals surface area contributed by atoms with Gasteiger partial charge < -0.3 is 5.32 Å². The SMILES string of the molecule is CSCCC(=O)Nc1ccc(C)cc1Br. The van der Waals surface area contributed by atoms with E-state index < -0.39 is 0 Å². The second-order valence-electron chi connectivity index (χ2n) is 3.27. The fraction of sp³-hybridized carbons (Fsp3) is 0.364. The summed E-state index contributed by atoms with van der Waals surface area (Å²) in [5.41, 5.74) is 2.01. The van der Waals surface area contributed by atoms with E-state index in [1.165, 1.54) is 5.56 Å². The van der Waals surface area contributed by atoms with Crippen molar-refractivity contribution in [3.05, 3.63) is 28.2 Å². The Morgan fingerprint density at radius 3 is 2.87 bits per heavy atom. The molecule has 0 aliphatic carbocycles. The van der Waals surface area contributed by atoms with Crippen LogP contribution in [0.1, 0.15) is 12.0 Å². The summed E-state index contributed by atoms with van der Waals surface area (Å²) in [7, 11) is 0. The molecule has 4 heteroatoms. The third-order valence-electron chi connectivity index (χ3n) is 1.93. The summed E-state index contributed by atoms with van der Waals surface area (Å²) in [6.07, 6.45) is 2.55. The third-order valence-corrected chi connectivity index (χ3v) is 3.20. The van der Waals surface area contributed by atoms with Crippen LogP contribution in [0.25, 0.3) is 0 Å². The van der Waals surface area contributed by atoms with Crippen LogP contribution in [-0.4, -0.2) is 17.9 Å². The van der Waals surface area contributed by atoms with Crippen molar-refractivity contribution < 1.29 is 4.79 Å². The number of aryl methyl sites for hydroxylation is 1. The molecule has 0 atom stereocenters. The predicted octanol–water partition coefficient (Wildman–Crippen LogP) is 3.45. The highest BCUT2D eigenvalue weighted by molar-refractivity contribution is 9.10. The predicted molar refractivity (Wildman–Crippen MR) is 70.5 cm³/mol. The molecule has 1 aromatic rings. The first kappa shape index (κ1) is 12.6. The summed E-state index contributed by atoms with van der Waals surface area (Å²) in [5.74, 6) is 0.920. The Morgan fingerprint density at radius 1 is 1.53 bits per heavy atom. The van der Waals surface area contributed by atoms with Gasteiger partial charge >= 0.3 is 0 Å². The number of amides is 1. The van der Waals surface area contributed by atoms with Crippen molar-refractivity contribution in [2.24, 2.45) is 0 Å². The van der Waals surface area contributed by atoms with Gasteiger partial charge in [-0.1, -0.05) is 6.07 Å². The fourth-order valence-electron chi connectivity index (χ4n) is 1.13. The Hall–Kier alpha value is -0.480. The molecule has 0 radical (unpaired) electrons. The summed E-state index contributed by atoms with van der Waals surface area (Å²) in [6, 6.07) is 5.88. The van der Waals surface area contributed by atoms with Crippen molar-refractivity contribution in [1.29, 1.82) is 0 Å². The Bertz CT molecular complexity index is 354.